The second kappa shape index (κ2) is 12.3. The van der Waals surface area contributed by atoms with Gasteiger partial charge in [0.2, 0.25) is 5.81 Å². The smallest absolute Gasteiger partial charge is 0.407 e. The first kappa shape index (κ1) is 22.2. The minimum Gasteiger partial charge on any atom is -0.427 e. The first-order valence-corrected chi connectivity index (χ1v) is 10.8. The molecule has 1 fully saturated rings. The van der Waals surface area contributed by atoms with Gasteiger partial charge in [0.25, 0.3) is 0 Å². The van der Waals surface area contributed by atoms with Crippen LogP contribution in [0.1, 0.15) is 78.1 Å². The quantitative estimate of drug-likeness (QED) is 0.385. The molecule has 0 aromatic carbocycles. The van der Waals surface area contributed by atoms with Crippen molar-refractivity contribution in [2.75, 3.05) is 6.54 Å². The number of hydrogen-bond acceptors (Lipinski definition) is 4. The molecule has 3 unspecified atom stereocenters. The van der Waals surface area contributed by atoms with Gasteiger partial charge in [0.15, 0.2) is 5.78 Å². The van der Waals surface area contributed by atoms with Gasteiger partial charge in [-0.15, -0.1) is 0 Å². The van der Waals surface area contributed by atoms with Crippen molar-refractivity contribution in [3.05, 3.63) is 12.2 Å². The van der Waals surface area contributed by atoms with Crippen molar-refractivity contribution in [3.8, 4) is 0 Å². The van der Waals surface area contributed by atoms with E-state index in [1.54, 1.807) is 0 Å². The fourth-order valence-electron chi connectivity index (χ4n) is 3.87. The zero-order valence-electron chi connectivity index (χ0n) is 17.0. The highest BCUT2D eigenvalue weighted by Gasteiger charge is 2.25. The zero-order chi connectivity index (χ0) is 19.5. The lowest BCUT2D eigenvalue weighted by atomic mass is 9.94. The van der Waals surface area contributed by atoms with Gasteiger partial charge in [-0.05, 0) is 39.0 Å². The molecule has 0 aromatic heterocycles. The second-order valence-electron chi connectivity index (χ2n) is 8.09. The van der Waals surface area contributed by atoms with Crippen LogP contribution >= 0.6 is 0 Å². The normalized spacial score (nSPS) is 27.5. The Kier molecular flexibility index (Phi) is 10.1. The molecule has 151 valence electrons. The molecule has 0 aromatic rings. The summed E-state index contributed by atoms with van der Waals surface area (Å²) in [5, 5.41) is 6.27. The molecule has 5 nitrogen and oxygen atoms in total. The van der Waals surface area contributed by atoms with Crippen molar-refractivity contribution in [1.82, 2.24) is 10.6 Å². The number of Topliss-reactive ketones (excluding diaryl/α,β-unsaturated/α-hetero) is 1. The lowest BCUT2D eigenvalue weighted by Crippen LogP contribution is -2.41. The predicted octanol–water partition coefficient (Wildman–Crippen LogP) is 3.74. The number of carbonyl (C=O) groups excluding carboxylic acids is 2. The van der Waals surface area contributed by atoms with Gasteiger partial charge >= 0.3 is 7.48 Å². The van der Waals surface area contributed by atoms with Crippen LogP contribution in [0.4, 0.5) is 4.79 Å². The van der Waals surface area contributed by atoms with Gasteiger partial charge in [0, 0.05) is 24.6 Å². The minimum atomic E-state index is -0.146. The van der Waals surface area contributed by atoms with Gasteiger partial charge in [0.05, 0.1) is 6.04 Å². The molecule has 1 saturated carbocycles. The van der Waals surface area contributed by atoms with Gasteiger partial charge in [-0.2, -0.15) is 0 Å². The van der Waals surface area contributed by atoms with Crippen molar-refractivity contribution < 1.29 is 14.2 Å². The number of nitrogens with one attached hydrogen (secondary N) is 2. The van der Waals surface area contributed by atoms with E-state index in [0.29, 0.717) is 6.54 Å². The first-order valence-electron chi connectivity index (χ1n) is 10.8. The maximum Gasteiger partial charge on any atom is 0.407 e. The first-order chi connectivity index (χ1) is 13.1. The van der Waals surface area contributed by atoms with E-state index < -0.39 is 0 Å². The Morgan fingerprint density at radius 1 is 1.15 bits per heavy atom. The SMILES string of the molecule is CC1C=CC(C)C(=O)C(CCCCNC(=O)[B]OC2CCCCCCC2)N1. The molecule has 27 heavy (non-hydrogen) atoms. The molecule has 6 heteroatoms. The molecule has 0 spiro atoms. The van der Waals surface area contributed by atoms with Crippen LogP contribution in [0, 0.1) is 5.92 Å². The molecule has 2 rings (SSSR count). The van der Waals surface area contributed by atoms with Crippen LogP contribution in [0.3, 0.4) is 0 Å². The molecule has 1 aliphatic carbocycles. The number of ketones is 1. The summed E-state index contributed by atoms with van der Waals surface area (Å²) in [6.07, 6.45) is 15.2. The third-order valence-corrected chi connectivity index (χ3v) is 5.58. The summed E-state index contributed by atoms with van der Waals surface area (Å²) in [6.45, 7) is 4.65. The summed E-state index contributed by atoms with van der Waals surface area (Å²) >= 11 is 0. The number of hydrogen-bond donors (Lipinski definition) is 2. The van der Waals surface area contributed by atoms with Crippen LogP contribution < -0.4 is 10.6 Å². The van der Waals surface area contributed by atoms with Crippen LogP contribution in [0.2, 0.25) is 0 Å². The fourth-order valence-corrected chi connectivity index (χ4v) is 3.87. The van der Waals surface area contributed by atoms with Gasteiger partial charge < -0.3 is 15.3 Å². The Morgan fingerprint density at radius 3 is 2.59 bits per heavy atom. The summed E-state index contributed by atoms with van der Waals surface area (Å²) in [5.41, 5.74) is 0. The summed E-state index contributed by atoms with van der Waals surface area (Å²) < 4.78 is 5.69. The zero-order valence-corrected chi connectivity index (χ0v) is 17.0. The molecular weight excluding hydrogens is 339 g/mol. The number of rotatable bonds is 8. The van der Waals surface area contributed by atoms with Crippen LogP contribution in [0.5, 0.6) is 0 Å². The Balaban J connectivity index is 1.55. The number of unbranched alkanes of at least 4 members (excludes halogenated alkanes) is 1. The molecule has 0 saturated heterocycles. The van der Waals surface area contributed by atoms with Gasteiger partial charge in [-0.25, -0.2) is 0 Å². The Bertz CT molecular complexity index is 490. The molecule has 1 aliphatic heterocycles. The molecule has 1 radical (unpaired) electrons. The number of amides is 1. The van der Waals surface area contributed by atoms with Gasteiger partial charge in [-0.3, -0.25) is 9.59 Å². The summed E-state index contributed by atoms with van der Waals surface area (Å²) in [5.74, 6) is 0.0972. The number of carbonyl (C=O) groups is 2. The summed E-state index contributed by atoms with van der Waals surface area (Å²) in [7, 11) is 1.36. The topological polar surface area (TPSA) is 67.4 Å². The van der Waals surface area contributed by atoms with Gasteiger partial charge in [-0.1, -0.05) is 51.2 Å². The fraction of sp³-hybridized carbons (Fsp3) is 0.810. The molecule has 2 aliphatic rings. The van der Waals surface area contributed by atoms with Crippen LogP contribution in [-0.2, 0) is 9.45 Å². The standard InChI is InChI=1S/C21H36BN2O3/c1-16-13-14-17(2)24-19(20(16)25)12-8-9-15-23-21(26)22-27-18-10-6-4-3-5-7-11-18/h13-14,16-19,24H,3-12,15H2,1-2H3,(H,23,26). The highest BCUT2D eigenvalue weighted by atomic mass is 16.4. The van der Waals surface area contributed by atoms with Crippen LogP contribution in [0.25, 0.3) is 0 Å². The van der Waals surface area contributed by atoms with Gasteiger partial charge in [0.1, 0.15) is 0 Å². The second-order valence-corrected chi connectivity index (χ2v) is 8.09. The molecule has 2 N–H and O–H groups in total. The third kappa shape index (κ3) is 8.61. The maximum atomic E-state index is 12.3. The highest BCUT2D eigenvalue weighted by Crippen LogP contribution is 2.19. The lowest BCUT2D eigenvalue weighted by molar-refractivity contribution is -0.123. The number of allylic oxidation sites excluding steroid dienone is 1. The summed E-state index contributed by atoms with van der Waals surface area (Å²) in [4.78, 5) is 24.3. The van der Waals surface area contributed by atoms with Crippen molar-refractivity contribution in [3.63, 3.8) is 0 Å². The lowest BCUT2D eigenvalue weighted by Gasteiger charge is -2.20. The Hall–Kier alpha value is -1.14. The monoisotopic (exact) mass is 375 g/mol. The predicted molar refractivity (Wildman–Crippen MR) is 110 cm³/mol. The van der Waals surface area contributed by atoms with E-state index in [4.69, 9.17) is 4.65 Å². The van der Waals surface area contributed by atoms with Crippen LogP contribution in [-0.4, -0.2) is 43.8 Å². The third-order valence-electron chi connectivity index (χ3n) is 5.58. The largest absolute Gasteiger partial charge is 0.427 e. The van der Waals surface area contributed by atoms with E-state index in [1.165, 1.54) is 39.6 Å². The minimum absolute atomic E-state index is 0.0211. The van der Waals surface area contributed by atoms with E-state index in [2.05, 4.69) is 23.6 Å². The Morgan fingerprint density at radius 2 is 1.85 bits per heavy atom. The Labute approximate surface area is 165 Å². The highest BCUT2D eigenvalue weighted by molar-refractivity contribution is 6.68. The maximum absolute atomic E-state index is 12.3. The molecule has 1 heterocycles. The van der Waals surface area contributed by atoms with Crippen molar-refractivity contribution >= 4 is 19.1 Å². The van der Waals surface area contributed by atoms with Crippen molar-refractivity contribution in [2.45, 2.75) is 96.2 Å². The molecular formula is C21H36BN2O3. The van der Waals surface area contributed by atoms with Crippen LogP contribution in [0.15, 0.2) is 12.2 Å². The van der Waals surface area contributed by atoms with E-state index in [1.807, 2.05) is 13.0 Å². The average Bonchev–Trinajstić information content (AvgIpc) is 2.74. The van der Waals surface area contributed by atoms with Crippen molar-refractivity contribution in [1.29, 1.82) is 0 Å². The molecule has 1 amide bonds. The average molecular weight is 375 g/mol. The molecule has 3 atom stereocenters. The van der Waals surface area contributed by atoms with E-state index in [-0.39, 0.29) is 35.7 Å². The van der Waals surface area contributed by atoms with E-state index in [9.17, 15) is 9.59 Å². The van der Waals surface area contributed by atoms with E-state index >= 15 is 0 Å². The van der Waals surface area contributed by atoms with Crippen molar-refractivity contribution in [2.24, 2.45) is 5.92 Å². The molecule has 0 bridgehead atoms. The van der Waals surface area contributed by atoms with E-state index in [0.717, 1.165) is 32.1 Å². The summed E-state index contributed by atoms with van der Waals surface area (Å²) in [6, 6.07) is 0.138.